The highest BCUT2D eigenvalue weighted by Gasteiger charge is 2.27. The van der Waals surface area contributed by atoms with Gasteiger partial charge in [-0.25, -0.2) is 22.0 Å². The molecule has 152 valence electrons. The van der Waals surface area contributed by atoms with E-state index in [-0.39, 0.29) is 26.3 Å². The van der Waals surface area contributed by atoms with Gasteiger partial charge >= 0.3 is 0 Å². The maximum absolute atomic E-state index is 12.7. The second-order valence-electron chi connectivity index (χ2n) is 5.67. The summed E-state index contributed by atoms with van der Waals surface area (Å²) in [6.07, 6.45) is 0. The smallest absolute Gasteiger partial charge is 0.247 e. The monoisotopic (exact) mass is 447 g/mol. The standard InChI is InChI=1S/C16H18ClN3O6S2/c1-20(28(24,25)15-9-11(17)3-8-14(15)26-2)10-16(21)19-12-4-6-13(7-5-12)27(18,22)23/h3-9H,10H2,1-2H3,(H,19,21)(H2,18,22,23). The van der Waals surface area contributed by atoms with E-state index in [1.54, 1.807) is 0 Å². The van der Waals surface area contributed by atoms with E-state index in [0.717, 1.165) is 4.31 Å². The molecular weight excluding hydrogens is 430 g/mol. The summed E-state index contributed by atoms with van der Waals surface area (Å²) >= 11 is 5.87. The van der Waals surface area contributed by atoms with E-state index in [1.807, 2.05) is 0 Å². The quantitative estimate of drug-likeness (QED) is 0.655. The van der Waals surface area contributed by atoms with Gasteiger partial charge in [0.15, 0.2) is 0 Å². The Morgan fingerprint density at radius 1 is 1.14 bits per heavy atom. The summed E-state index contributed by atoms with van der Waals surface area (Å²) in [7, 11) is -5.35. The van der Waals surface area contributed by atoms with Crippen molar-refractivity contribution >= 4 is 43.2 Å². The summed E-state index contributed by atoms with van der Waals surface area (Å²) in [5.74, 6) is -0.536. The Balaban J connectivity index is 2.14. The first-order valence-electron chi connectivity index (χ1n) is 7.68. The van der Waals surface area contributed by atoms with Gasteiger partial charge in [0.25, 0.3) is 0 Å². The van der Waals surface area contributed by atoms with Crippen molar-refractivity contribution in [1.29, 1.82) is 0 Å². The molecule has 0 aliphatic carbocycles. The summed E-state index contributed by atoms with van der Waals surface area (Å²) < 4.78 is 53.8. The minimum absolute atomic E-state index is 0.0928. The molecule has 0 aliphatic rings. The van der Waals surface area contributed by atoms with Gasteiger partial charge in [0.2, 0.25) is 26.0 Å². The van der Waals surface area contributed by atoms with Gasteiger partial charge in [-0.2, -0.15) is 4.31 Å². The molecule has 2 rings (SSSR count). The number of benzene rings is 2. The summed E-state index contributed by atoms with van der Waals surface area (Å²) in [5.41, 5.74) is 0.281. The number of halogens is 1. The van der Waals surface area contributed by atoms with E-state index in [9.17, 15) is 21.6 Å². The van der Waals surface area contributed by atoms with E-state index in [4.69, 9.17) is 21.5 Å². The first-order chi connectivity index (χ1) is 12.9. The number of likely N-dealkylation sites (N-methyl/N-ethyl adjacent to an activating group) is 1. The Morgan fingerprint density at radius 3 is 2.29 bits per heavy atom. The van der Waals surface area contributed by atoms with Crippen LogP contribution in [0.2, 0.25) is 5.02 Å². The molecule has 12 heteroatoms. The van der Waals surface area contributed by atoms with Crippen LogP contribution in [0, 0.1) is 0 Å². The number of anilines is 1. The fourth-order valence-corrected chi connectivity index (χ4v) is 4.29. The van der Waals surface area contributed by atoms with Crippen LogP contribution in [-0.2, 0) is 24.8 Å². The van der Waals surface area contributed by atoms with Gasteiger partial charge in [-0.1, -0.05) is 11.6 Å². The molecule has 0 radical (unpaired) electrons. The van der Waals surface area contributed by atoms with E-state index in [2.05, 4.69) is 5.32 Å². The van der Waals surface area contributed by atoms with E-state index < -0.39 is 32.5 Å². The highest BCUT2D eigenvalue weighted by molar-refractivity contribution is 7.89. The minimum atomic E-state index is -4.05. The van der Waals surface area contributed by atoms with Crippen LogP contribution in [0.15, 0.2) is 52.3 Å². The number of methoxy groups -OCH3 is 1. The molecule has 0 saturated heterocycles. The van der Waals surface area contributed by atoms with Crippen LogP contribution in [0.3, 0.4) is 0 Å². The minimum Gasteiger partial charge on any atom is -0.495 e. The highest BCUT2D eigenvalue weighted by Crippen LogP contribution is 2.29. The van der Waals surface area contributed by atoms with Gasteiger partial charge in [0.1, 0.15) is 10.6 Å². The van der Waals surface area contributed by atoms with Gasteiger partial charge in [-0.05, 0) is 42.5 Å². The number of hydrogen-bond donors (Lipinski definition) is 2. The summed E-state index contributed by atoms with van der Waals surface area (Å²) in [5, 5.41) is 7.68. The van der Waals surface area contributed by atoms with Crippen molar-refractivity contribution in [3.8, 4) is 5.75 Å². The van der Waals surface area contributed by atoms with Crippen LogP contribution >= 0.6 is 11.6 Å². The second kappa shape index (κ2) is 8.45. The normalized spacial score (nSPS) is 12.0. The highest BCUT2D eigenvalue weighted by atomic mass is 35.5. The fraction of sp³-hybridized carbons (Fsp3) is 0.188. The first-order valence-corrected chi connectivity index (χ1v) is 11.0. The average molecular weight is 448 g/mol. The molecular formula is C16H18ClN3O6S2. The molecule has 0 atom stereocenters. The van der Waals surface area contributed by atoms with Gasteiger partial charge in [-0.15, -0.1) is 0 Å². The number of nitrogens with two attached hydrogens (primary N) is 1. The molecule has 28 heavy (non-hydrogen) atoms. The van der Waals surface area contributed by atoms with Crippen molar-refractivity contribution in [2.75, 3.05) is 26.0 Å². The van der Waals surface area contributed by atoms with E-state index in [0.29, 0.717) is 0 Å². The molecule has 9 nitrogen and oxygen atoms in total. The third-order valence-corrected chi connectivity index (χ3v) is 6.64. The predicted octanol–water partition coefficient (Wildman–Crippen LogP) is 1.26. The van der Waals surface area contributed by atoms with Crippen molar-refractivity contribution in [1.82, 2.24) is 4.31 Å². The Hall–Kier alpha value is -2.18. The molecule has 0 aliphatic heterocycles. The number of carbonyl (C=O) groups excluding carboxylic acids is 1. The number of nitrogens with one attached hydrogen (secondary N) is 1. The molecule has 1 amide bonds. The third-order valence-electron chi connectivity index (χ3n) is 3.65. The number of sulfonamides is 2. The van der Waals surface area contributed by atoms with Crippen LogP contribution < -0.4 is 15.2 Å². The van der Waals surface area contributed by atoms with Gasteiger partial charge in [0.05, 0.1) is 18.6 Å². The van der Waals surface area contributed by atoms with Gasteiger partial charge in [-0.3, -0.25) is 4.79 Å². The maximum atomic E-state index is 12.7. The number of ether oxygens (including phenoxy) is 1. The lowest BCUT2D eigenvalue weighted by Gasteiger charge is -2.18. The lowest BCUT2D eigenvalue weighted by molar-refractivity contribution is -0.116. The van der Waals surface area contributed by atoms with Crippen molar-refractivity contribution < 1.29 is 26.4 Å². The zero-order valence-electron chi connectivity index (χ0n) is 14.9. The van der Waals surface area contributed by atoms with Crippen LogP contribution in [0.5, 0.6) is 5.75 Å². The zero-order valence-corrected chi connectivity index (χ0v) is 17.3. The number of primary sulfonamides is 1. The molecule has 0 spiro atoms. The fourth-order valence-electron chi connectivity index (χ4n) is 2.24. The number of carbonyl (C=O) groups is 1. The van der Waals surface area contributed by atoms with Gasteiger partial charge < -0.3 is 10.1 Å². The van der Waals surface area contributed by atoms with Crippen molar-refractivity contribution in [3.63, 3.8) is 0 Å². The SMILES string of the molecule is COc1ccc(Cl)cc1S(=O)(=O)N(C)CC(=O)Nc1ccc(S(N)(=O)=O)cc1. The molecule has 0 aromatic heterocycles. The van der Waals surface area contributed by atoms with Crippen LogP contribution in [0.1, 0.15) is 0 Å². The average Bonchev–Trinajstić information content (AvgIpc) is 2.61. The largest absolute Gasteiger partial charge is 0.495 e. The molecule has 2 aromatic rings. The van der Waals surface area contributed by atoms with E-state index >= 15 is 0 Å². The Bertz CT molecular complexity index is 1090. The van der Waals surface area contributed by atoms with Crippen molar-refractivity contribution in [2.45, 2.75) is 9.79 Å². The van der Waals surface area contributed by atoms with Crippen LogP contribution in [0.25, 0.3) is 0 Å². The van der Waals surface area contributed by atoms with Gasteiger partial charge in [0, 0.05) is 17.8 Å². The predicted molar refractivity (Wildman–Crippen MR) is 104 cm³/mol. The number of nitrogens with zero attached hydrogens (tertiary/aromatic N) is 1. The van der Waals surface area contributed by atoms with Crippen LogP contribution in [-0.4, -0.2) is 47.8 Å². The number of rotatable bonds is 7. The Morgan fingerprint density at radius 2 is 1.75 bits per heavy atom. The number of amides is 1. The molecule has 0 saturated carbocycles. The van der Waals surface area contributed by atoms with Crippen molar-refractivity contribution in [3.05, 3.63) is 47.5 Å². The topological polar surface area (TPSA) is 136 Å². The molecule has 0 heterocycles. The van der Waals surface area contributed by atoms with Crippen LogP contribution in [0.4, 0.5) is 5.69 Å². The molecule has 3 N–H and O–H groups in total. The Labute approximate surface area is 168 Å². The molecule has 0 unspecified atom stereocenters. The third kappa shape index (κ3) is 5.20. The first kappa shape index (κ1) is 22.1. The van der Waals surface area contributed by atoms with Crippen molar-refractivity contribution in [2.24, 2.45) is 5.14 Å². The Kier molecular flexibility index (Phi) is 6.67. The van der Waals surface area contributed by atoms with E-state index in [1.165, 1.54) is 56.6 Å². The lowest BCUT2D eigenvalue weighted by Crippen LogP contribution is -2.35. The molecule has 0 fully saturated rings. The second-order valence-corrected chi connectivity index (χ2v) is 9.68. The number of hydrogen-bond acceptors (Lipinski definition) is 6. The summed E-state index contributed by atoms with van der Waals surface area (Å²) in [4.78, 5) is 11.9. The molecule has 0 bridgehead atoms. The zero-order chi connectivity index (χ0) is 21.1. The summed E-state index contributed by atoms with van der Waals surface area (Å²) in [6.45, 7) is -0.491. The maximum Gasteiger partial charge on any atom is 0.247 e. The lowest BCUT2D eigenvalue weighted by atomic mass is 10.3. The molecule has 2 aromatic carbocycles. The summed E-state index contributed by atoms with van der Waals surface area (Å²) in [6, 6.07) is 9.26.